The van der Waals surface area contributed by atoms with Gasteiger partial charge in [-0.1, -0.05) is 124 Å². The molecule has 2 aromatic rings. The molecule has 0 heterocycles. The van der Waals surface area contributed by atoms with Crippen LogP contribution in [0.2, 0.25) is 0 Å². The lowest BCUT2D eigenvalue weighted by atomic mass is 9.80. The quantitative estimate of drug-likeness (QED) is 0.267. The van der Waals surface area contributed by atoms with Crippen molar-refractivity contribution in [1.29, 1.82) is 0 Å². The highest BCUT2D eigenvalue weighted by atomic mass is 32.2. The second-order valence-corrected chi connectivity index (χ2v) is 19.8. The molecule has 0 bridgehead atoms. The Morgan fingerprint density at radius 1 is 0.714 bits per heavy atom. The predicted molar refractivity (Wildman–Crippen MR) is 188 cm³/mol. The van der Waals surface area contributed by atoms with Crippen molar-refractivity contribution >= 4 is 24.2 Å². The van der Waals surface area contributed by atoms with E-state index in [9.17, 15) is 4.21 Å². The van der Waals surface area contributed by atoms with E-state index in [1.807, 2.05) is 0 Å². The Hall–Kier alpha value is -1.02. The molecule has 0 saturated heterocycles. The summed E-state index contributed by atoms with van der Waals surface area (Å²) < 4.78 is 17.5. The van der Waals surface area contributed by atoms with Gasteiger partial charge in [0.2, 0.25) is 0 Å². The standard InChI is InChI=1S/C38H60NOPS/c1-26(2)29-24-33(27(3)4)36(34(25-29)28(5)6)37(39-42(40)38(7,8)9)32-22-16-17-23-35(32)41(30-18-12-10-13-19-30)31-20-14-11-15-21-31/h16-17,22-28,30-31,37,39H,10-15,18-21H2,1-9H3/t37-,42?/m1/s1. The molecule has 2 fully saturated rings. The zero-order chi connectivity index (χ0) is 30.6. The number of nitrogens with one attached hydrogen (secondary N) is 1. The van der Waals surface area contributed by atoms with Crippen molar-refractivity contribution in [2.45, 2.75) is 166 Å². The monoisotopic (exact) mass is 609 g/mol. The molecule has 0 amide bonds. The zero-order valence-corrected chi connectivity index (χ0v) is 30.0. The van der Waals surface area contributed by atoms with Gasteiger partial charge in [-0.05, 0) is 109 Å². The summed E-state index contributed by atoms with van der Waals surface area (Å²) in [6.45, 7) is 20.3. The van der Waals surface area contributed by atoms with Crippen LogP contribution in [0.5, 0.6) is 0 Å². The van der Waals surface area contributed by atoms with E-state index in [1.165, 1.54) is 92.0 Å². The first-order chi connectivity index (χ1) is 19.9. The molecule has 2 aliphatic carbocycles. The maximum absolute atomic E-state index is 14.0. The van der Waals surface area contributed by atoms with Crippen LogP contribution >= 0.6 is 7.92 Å². The number of hydrogen-bond donors (Lipinski definition) is 1. The Kier molecular flexibility index (Phi) is 12.0. The Morgan fingerprint density at radius 3 is 1.62 bits per heavy atom. The van der Waals surface area contributed by atoms with Gasteiger partial charge in [0.05, 0.1) is 21.8 Å². The fraction of sp³-hybridized carbons (Fsp3) is 0.684. The van der Waals surface area contributed by atoms with Gasteiger partial charge in [-0.3, -0.25) is 0 Å². The molecule has 0 spiro atoms. The first kappa shape index (κ1) is 33.9. The second-order valence-electron chi connectivity index (χ2n) is 15.1. The summed E-state index contributed by atoms with van der Waals surface area (Å²) in [5.74, 6) is 1.24. The molecule has 2 aliphatic rings. The molecule has 2 aromatic carbocycles. The van der Waals surface area contributed by atoms with Gasteiger partial charge < -0.3 is 0 Å². The minimum Gasteiger partial charge on any atom is -0.242 e. The van der Waals surface area contributed by atoms with Gasteiger partial charge in [0.15, 0.2) is 0 Å². The smallest absolute Gasteiger partial charge is 0.0979 e. The van der Waals surface area contributed by atoms with E-state index in [-0.39, 0.29) is 18.7 Å². The number of hydrogen-bond acceptors (Lipinski definition) is 1. The molecule has 42 heavy (non-hydrogen) atoms. The highest BCUT2D eigenvalue weighted by Gasteiger charge is 2.37. The van der Waals surface area contributed by atoms with Crippen LogP contribution in [0.4, 0.5) is 0 Å². The normalized spacial score (nSPS) is 19.3. The van der Waals surface area contributed by atoms with Crippen LogP contribution in [0.15, 0.2) is 36.4 Å². The van der Waals surface area contributed by atoms with Crippen LogP contribution in [-0.2, 0) is 11.0 Å². The van der Waals surface area contributed by atoms with Gasteiger partial charge in [0.1, 0.15) is 0 Å². The second kappa shape index (κ2) is 14.8. The first-order valence-corrected chi connectivity index (χ1v) is 19.8. The predicted octanol–water partition coefficient (Wildman–Crippen LogP) is 11.0. The van der Waals surface area contributed by atoms with Crippen molar-refractivity contribution in [1.82, 2.24) is 4.72 Å². The number of benzene rings is 2. The van der Waals surface area contributed by atoms with Gasteiger partial charge >= 0.3 is 0 Å². The maximum Gasteiger partial charge on any atom is 0.0979 e. The van der Waals surface area contributed by atoms with Crippen LogP contribution < -0.4 is 10.0 Å². The van der Waals surface area contributed by atoms with Crippen molar-refractivity contribution in [2.24, 2.45) is 0 Å². The van der Waals surface area contributed by atoms with Gasteiger partial charge in [-0.25, -0.2) is 8.93 Å². The van der Waals surface area contributed by atoms with Crippen molar-refractivity contribution in [3.8, 4) is 0 Å². The third-order valence-corrected chi connectivity index (χ3v) is 14.8. The molecule has 1 unspecified atom stereocenters. The summed E-state index contributed by atoms with van der Waals surface area (Å²) in [5, 5.41) is 1.60. The van der Waals surface area contributed by atoms with Gasteiger partial charge in [0, 0.05) is 0 Å². The largest absolute Gasteiger partial charge is 0.242 e. The Labute approximate surface area is 263 Å². The molecule has 4 heteroatoms. The van der Waals surface area contributed by atoms with Crippen molar-refractivity contribution in [3.05, 3.63) is 64.2 Å². The molecule has 0 aliphatic heterocycles. The Bertz CT molecular complexity index is 1140. The van der Waals surface area contributed by atoms with Gasteiger partial charge in [-0.2, -0.15) is 0 Å². The van der Waals surface area contributed by atoms with E-state index < -0.39 is 11.0 Å². The molecular formula is C38H60NOPS. The van der Waals surface area contributed by atoms with E-state index >= 15 is 0 Å². The lowest BCUT2D eigenvalue weighted by Crippen LogP contribution is -2.39. The zero-order valence-electron chi connectivity index (χ0n) is 28.3. The molecule has 0 aromatic heterocycles. The fourth-order valence-corrected chi connectivity index (χ4v) is 12.1. The van der Waals surface area contributed by atoms with Gasteiger partial charge in [0.25, 0.3) is 0 Å². The van der Waals surface area contributed by atoms with E-state index in [4.69, 9.17) is 0 Å². The maximum atomic E-state index is 14.0. The third kappa shape index (κ3) is 7.97. The van der Waals surface area contributed by atoms with E-state index in [0.29, 0.717) is 17.8 Å². The third-order valence-electron chi connectivity index (χ3n) is 9.71. The van der Waals surface area contributed by atoms with Crippen LogP contribution in [-0.4, -0.2) is 20.3 Å². The topological polar surface area (TPSA) is 29.1 Å². The molecule has 2 saturated carbocycles. The van der Waals surface area contributed by atoms with Gasteiger partial charge in [-0.15, -0.1) is 0 Å². The van der Waals surface area contributed by atoms with Crippen molar-refractivity contribution < 1.29 is 4.21 Å². The summed E-state index contributed by atoms with van der Waals surface area (Å²) in [6.07, 6.45) is 13.9. The highest BCUT2D eigenvalue weighted by molar-refractivity contribution is 7.84. The van der Waals surface area contributed by atoms with Crippen molar-refractivity contribution in [3.63, 3.8) is 0 Å². The van der Waals surface area contributed by atoms with Crippen LogP contribution in [0.3, 0.4) is 0 Å². The highest BCUT2D eigenvalue weighted by Crippen LogP contribution is 2.56. The molecule has 2 nitrogen and oxygen atoms in total. The minimum absolute atomic E-state index is 0.0885. The summed E-state index contributed by atoms with van der Waals surface area (Å²) in [6, 6.07) is 14.3. The average Bonchev–Trinajstić information content (AvgIpc) is 2.96. The summed E-state index contributed by atoms with van der Waals surface area (Å²) in [5.41, 5.74) is 8.69. The summed E-state index contributed by atoms with van der Waals surface area (Å²) in [7, 11) is -1.49. The Balaban J connectivity index is 1.98. The molecule has 234 valence electrons. The Morgan fingerprint density at radius 2 is 1.19 bits per heavy atom. The molecule has 2 atom stereocenters. The summed E-state index contributed by atoms with van der Waals surface area (Å²) in [4.78, 5) is 0. The lowest BCUT2D eigenvalue weighted by Gasteiger charge is -2.41. The van der Waals surface area contributed by atoms with Crippen LogP contribution in [0.1, 0.15) is 178 Å². The average molecular weight is 610 g/mol. The van der Waals surface area contributed by atoms with Crippen molar-refractivity contribution in [2.75, 3.05) is 0 Å². The molecule has 0 radical (unpaired) electrons. The molecule has 4 rings (SSSR count). The number of rotatable bonds is 10. The fourth-order valence-electron chi connectivity index (χ4n) is 7.28. The molecular weight excluding hydrogens is 549 g/mol. The van der Waals surface area contributed by atoms with E-state index in [0.717, 1.165) is 11.3 Å². The van der Waals surface area contributed by atoms with Crippen LogP contribution in [0, 0.1) is 0 Å². The lowest BCUT2D eigenvalue weighted by molar-refractivity contribution is 0.487. The van der Waals surface area contributed by atoms with E-state index in [2.05, 4.69) is 103 Å². The minimum atomic E-state index is -1.20. The van der Waals surface area contributed by atoms with E-state index in [1.54, 1.807) is 5.30 Å². The first-order valence-electron chi connectivity index (χ1n) is 17.1. The SMILES string of the molecule is CC(C)c1cc(C(C)C)c([C@H](NS(=O)C(C)(C)C)c2ccccc2P(C2CCCCC2)C2CCCCC2)c(C(C)C)c1. The van der Waals surface area contributed by atoms with Crippen LogP contribution in [0.25, 0.3) is 0 Å². The summed E-state index contributed by atoms with van der Waals surface area (Å²) >= 11 is 0. The molecule has 1 N–H and O–H groups in total.